The Bertz CT molecular complexity index is 319. The maximum absolute atomic E-state index is 13.5. The van der Waals surface area contributed by atoms with E-state index >= 15 is 0 Å². The lowest BCUT2D eigenvalue weighted by atomic mass is 10.1. The van der Waals surface area contributed by atoms with Gasteiger partial charge in [0.05, 0.1) is 10.7 Å². The molecule has 1 nitrogen and oxygen atoms in total. The first kappa shape index (κ1) is 11.1. The minimum Gasteiger partial charge on any atom is -0.379 e. The van der Waals surface area contributed by atoms with E-state index in [1.54, 1.807) is 12.1 Å². The molecule has 0 saturated carbocycles. The molecule has 1 aliphatic heterocycles. The van der Waals surface area contributed by atoms with E-state index in [0.29, 0.717) is 16.8 Å². The van der Waals surface area contributed by atoms with Crippen LogP contribution in [0, 0.1) is 5.82 Å². The van der Waals surface area contributed by atoms with Crippen molar-refractivity contribution >= 4 is 29.1 Å². The minimum absolute atomic E-state index is 0.263. The van der Waals surface area contributed by atoms with Crippen LogP contribution < -0.4 is 5.32 Å². The van der Waals surface area contributed by atoms with E-state index in [9.17, 15) is 4.39 Å². The van der Waals surface area contributed by atoms with Crippen LogP contribution in [0.1, 0.15) is 12.8 Å². The summed E-state index contributed by atoms with van der Waals surface area (Å²) in [5.74, 6) is 2.02. The topological polar surface area (TPSA) is 12.0 Å². The van der Waals surface area contributed by atoms with Crippen LogP contribution in [-0.2, 0) is 0 Å². The molecule has 2 rings (SSSR count). The summed E-state index contributed by atoms with van der Waals surface area (Å²) in [5, 5.41) is 3.66. The van der Waals surface area contributed by atoms with Crippen molar-refractivity contribution in [3.05, 3.63) is 29.0 Å². The number of para-hydroxylation sites is 1. The van der Waals surface area contributed by atoms with Gasteiger partial charge in [0.25, 0.3) is 0 Å². The van der Waals surface area contributed by atoms with Crippen molar-refractivity contribution in [2.75, 3.05) is 16.8 Å². The molecule has 82 valence electrons. The normalized spacial score (nSPS) is 17.7. The van der Waals surface area contributed by atoms with Crippen LogP contribution in [-0.4, -0.2) is 17.5 Å². The zero-order valence-corrected chi connectivity index (χ0v) is 9.87. The summed E-state index contributed by atoms with van der Waals surface area (Å²) in [5.41, 5.74) is 0.455. The molecule has 0 bridgehead atoms. The molecule has 0 aliphatic carbocycles. The highest BCUT2D eigenvalue weighted by atomic mass is 35.5. The Morgan fingerprint density at radius 1 is 1.33 bits per heavy atom. The van der Waals surface area contributed by atoms with Crippen molar-refractivity contribution in [1.82, 2.24) is 0 Å². The van der Waals surface area contributed by atoms with Crippen molar-refractivity contribution in [2.45, 2.75) is 18.9 Å². The smallest absolute Gasteiger partial charge is 0.147 e. The molecule has 15 heavy (non-hydrogen) atoms. The zero-order chi connectivity index (χ0) is 10.7. The highest BCUT2D eigenvalue weighted by molar-refractivity contribution is 7.99. The number of halogens is 2. The predicted molar refractivity (Wildman–Crippen MR) is 65.4 cm³/mol. The molecular weight excluding hydrogens is 233 g/mol. The monoisotopic (exact) mass is 245 g/mol. The molecule has 0 aromatic heterocycles. The van der Waals surface area contributed by atoms with Crippen molar-refractivity contribution < 1.29 is 4.39 Å². The first-order chi connectivity index (χ1) is 7.27. The molecule has 0 unspecified atom stereocenters. The Hall–Kier alpha value is -0.410. The third-order valence-corrected chi connectivity index (χ3v) is 3.90. The lowest BCUT2D eigenvalue weighted by molar-refractivity contribution is 0.614. The van der Waals surface area contributed by atoms with Gasteiger partial charge in [-0.1, -0.05) is 17.7 Å². The van der Waals surface area contributed by atoms with Crippen LogP contribution >= 0.6 is 23.4 Å². The van der Waals surface area contributed by atoms with Crippen LogP contribution in [0.15, 0.2) is 18.2 Å². The molecule has 4 heteroatoms. The van der Waals surface area contributed by atoms with E-state index < -0.39 is 0 Å². The number of thioether (sulfide) groups is 1. The van der Waals surface area contributed by atoms with Crippen LogP contribution in [0.4, 0.5) is 10.1 Å². The van der Waals surface area contributed by atoms with Gasteiger partial charge in [-0.25, -0.2) is 4.39 Å². The van der Waals surface area contributed by atoms with E-state index in [1.165, 1.54) is 6.07 Å². The van der Waals surface area contributed by atoms with Gasteiger partial charge in [0.15, 0.2) is 0 Å². The fourth-order valence-electron chi connectivity index (χ4n) is 1.68. The van der Waals surface area contributed by atoms with Gasteiger partial charge in [-0.05, 0) is 36.5 Å². The van der Waals surface area contributed by atoms with Crippen LogP contribution in [0.2, 0.25) is 5.02 Å². The summed E-state index contributed by atoms with van der Waals surface area (Å²) >= 11 is 7.89. The summed E-state index contributed by atoms with van der Waals surface area (Å²) < 4.78 is 13.5. The Morgan fingerprint density at radius 3 is 2.73 bits per heavy atom. The average molecular weight is 246 g/mol. The fourth-order valence-corrected chi connectivity index (χ4v) is 3.01. The highest BCUT2D eigenvalue weighted by Crippen LogP contribution is 2.28. The lowest BCUT2D eigenvalue weighted by Gasteiger charge is -2.24. The predicted octanol–water partition coefficient (Wildman–Crippen LogP) is 3.79. The van der Waals surface area contributed by atoms with Crippen LogP contribution in [0.3, 0.4) is 0 Å². The van der Waals surface area contributed by atoms with Gasteiger partial charge in [0.1, 0.15) is 5.82 Å². The first-order valence-corrected chi connectivity index (χ1v) is 6.59. The van der Waals surface area contributed by atoms with E-state index in [2.05, 4.69) is 5.32 Å². The molecule has 0 radical (unpaired) electrons. The molecule has 1 N–H and O–H groups in total. The highest BCUT2D eigenvalue weighted by Gasteiger charge is 2.16. The lowest BCUT2D eigenvalue weighted by Crippen LogP contribution is -2.25. The second-order valence-corrected chi connectivity index (χ2v) is 5.26. The number of benzene rings is 1. The van der Waals surface area contributed by atoms with E-state index in [1.807, 2.05) is 11.8 Å². The van der Waals surface area contributed by atoms with Crippen LogP contribution in [0.5, 0.6) is 0 Å². The third-order valence-electron chi connectivity index (χ3n) is 2.53. The third kappa shape index (κ3) is 2.79. The molecule has 0 spiro atoms. The van der Waals surface area contributed by atoms with E-state index in [-0.39, 0.29) is 5.82 Å². The Kier molecular flexibility index (Phi) is 3.76. The Morgan fingerprint density at radius 2 is 2.07 bits per heavy atom. The number of nitrogens with one attached hydrogen (secondary N) is 1. The first-order valence-electron chi connectivity index (χ1n) is 5.05. The molecule has 1 aliphatic rings. The van der Waals surface area contributed by atoms with Crippen molar-refractivity contribution in [2.24, 2.45) is 0 Å². The fraction of sp³-hybridized carbons (Fsp3) is 0.455. The molecule has 1 aromatic rings. The molecule has 1 heterocycles. The van der Waals surface area contributed by atoms with Gasteiger partial charge in [0.2, 0.25) is 0 Å². The summed E-state index contributed by atoms with van der Waals surface area (Å²) in [4.78, 5) is 0. The van der Waals surface area contributed by atoms with Gasteiger partial charge in [0, 0.05) is 6.04 Å². The Balaban J connectivity index is 2.09. The molecule has 0 amide bonds. The van der Waals surface area contributed by atoms with Crippen molar-refractivity contribution in [1.29, 1.82) is 0 Å². The summed E-state index contributed by atoms with van der Waals surface area (Å²) in [6.07, 6.45) is 2.16. The summed E-state index contributed by atoms with van der Waals surface area (Å²) in [7, 11) is 0. The number of hydrogen-bond acceptors (Lipinski definition) is 2. The van der Waals surface area contributed by atoms with Crippen molar-refractivity contribution in [3.8, 4) is 0 Å². The molecular formula is C11H13ClFNS. The molecule has 1 saturated heterocycles. The molecule has 1 aromatic carbocycles. The quantitative estimate of drug-likeness (QED) is 0.851. The van der Waals surface area contributed by atoms with E-state index in [0.717, 1.165) is 24.3 Å². The van der Waals surface area contributed by atoms with Gasteiger partial charge in [-0.15, -0.1) is 0 Å². The average Bonchev–Trinajstić information content (AvgIpc) is 2.25. The van der Waals surface area contributed by atoms with Gasteiger partial charge < -0.3 is 5.32 Å². The largest absolute Gasteiger partial charge is 0.379 e. The van der Waals surface area contributed by atoms with Gasteiger partial charge in [-0.3, -0.25) is 0 Å². The van der Waals surface area contributed by atoms with Gasteiger partial charge in [-0.2, -0.15) is 11.8 Å². The molecule has 1 fully saturated rings. The zero-order valence-electron chi connectivity index (χ0n) is 8.30. The summed E-state index contributed by atoms with van der Waals surface area (Å²) in [6, 6.07) is 5.14. The maximum Gasteiger partial charge on any atom is 0.147 e. The minimum atomic E-state index is -0.263. The number of anilines is 1. The second kappa shape index (κ2) is 5.08. The second-order valence-electron chi connectivity index (χ2n) is 3.63. The maximum atomic E-state index is 13.5. The SMILES string of the molecule is Fc1cccc(Cl)c1NC1CCSCC1. The Labute approximate surface area is 98.4 Å². The standard InChI is InChI=1S/C11H13ClFNS/c12-9-2-1-3-10(13)11(9)14-8-4-6-15-7-5-8/h1-3,8,14H,4-7H2. The summed E-state index contributed by atoms with van der Waals surface area (Å²) in [6.45, 7) is 0. The number of hydrogen-bond donors (Lipinski definition) is 1. The van der Waals surface area contributed by atoms with Crippen molar-refractivity contribution in [3.63, 3.8) is 0 Å². The van der Waals surface area contributed by atoms with Gasteiger partial charge >= 0.3 is 0 Å². The van der Waals surface area contributed by atoms with E-state index in [4.69, 9.17) is 11.6 Å². The van der Waals surface area contributed by atoms with Crippen LogP contribution in [0.25, 0.3) is 0 Å². The number of rotatable bonds is 2. The molecule has 0 atom stereocenters.